The van der Waals surface area contributed by atoms with Crippen molar-refractivity contribution >= 4 is 0 Å². The van der Waals surface area contributed by atoms with E-state index in [9.17, 15) is 0 Å². The fraction of sp³-hybridized carbons (Fsp3) is 0.533. The third-order valence-electron chi connectivity index (χ3n) is 3.37. The van der Waals surface area contributed by atoms with Crippen LogP contribution in [0.25, 0.3) is 0 Å². The van der Waals surface area contributed by atoms with Crippen LogP contribution in [0.4, 0.5) is 0 Å². The predicted molar refractivity (Wildman–Crippen MR) is 78.1 cm³/mol. The Kier molecular flexibility index (Phi) is 4.80. The molecule has 0 aromatic carbocycles. The summed E-state index contributed by atoms with van der Waals surface area (Å²) in [5, 5.41) is 7.86. The molecule has 2 heterocycles. The smallest absolute Gasteiger partial charge is 0.0539 e. The third-order valence-corrected chi connectivity index (χ3v) is 3.37. The molecule has 4 nitrogen and oxygen atoms in total. The second-order valence-corrected chi connectivity index (χ2v) is 4.94. The average molecular weight is 260 g/mol. The van der Waals surface area contributed by atoms with Gasteiger partial charge < -0.3 is 9.88 Å². The highest BCUT2D eigenvalue weighted by Gasteiger charge is 2.09. The van der Waals surface area contributed by atoms with Crippen molar-refractivity contribution in [1.29, 1.82) is 0 Å². The summed E-state index contributed by atoms with van der Waals surface area (Å²) in [6, 6.07) is 4.69. The molecule has 0 aliphatic heterocycles. The molecule has 1 atom stereocenters. The van der Waals surface area contributed by atoms with Crippen molar-refractivity contribution in [3.63, 3.8) is 0 Å². The fourth-order valence-corrected chi connectivity index (χ4v) is 2.29. The first-order chi connectivity index (χ1) is 9.24. The number of aryl methyl sites for hydroxylation is 1. The van der Waals surface area contributed by atoms with Crippen LogP contribution in [0.5, 0.6) is 0 Å². The van der Waals surface area contributed by atoms with Crippen LogP contribution in [-0.2, 0) is 13.1 Å². The van der Waals surface area contributed by atoms with Gasteiger partial charge in [-0.1, -0.05) is 6.92 Å². The minimum atomic E-state index is 0.385. The lowest BCUT2D eigenvalue weighted by Crippen LogP contribution is -2.22. The van der Waals surface area contributed by atoms with E-state index in [2.05, 4.69) is 60.3 Å². The lowest BCUT2D eigenvalue weighted by molar-refractivity contribution is 0.534. The Labute approximate surface area is 115 Å². The molecule has 0 saturated carbocycles. The van der Waals surface area contributed by atoms with Crippen LogP contribution < -0.4 is 5.32 Å². The van der Waals surface area contributed by atoms with E-state index in [1.165, 1.54) is 11.3 Å². The largest absolute Gasteiger partial charge is 0.345 e. The van der Waals surface area contributed by atoms with Crippen LogP contribution in [0.1, 0.15) is 44.5 Å². The van der Waals surface area contributed by atoms with E-state index < -0.39 is 0 Å². The monoisotopic (exact) mass is 260 g/mol. The molecule has 0 amide bonds. The molecule has 0 bridgehead atoms. The molecule has 1 unspecified atom stereocenters. The van der Waals surface area contributed by atoms with Crippen molar-refractivity contribution in [2.75, 3.05) is 6.54 Å². The van der Waals surface area contributed by atoms with Crippen LogP contribution in [0.3, 0.4) is 0 Å². The lowest BCUT2D eigenvalue weighted by Gasteiger charge is -2.16. The zero-order valence-corrected chi connectivity index (χ0v) is 12.1. The van der Waals surface area contributed by atoms with Gasteiger partial charge in [0.1, 0.15) is 0 Å². The van der Waals surface area contributed by atoms with Gasteiger partial charge in [-0.2, -0.15) is 5.10 Å². The van der Waals surface area contributed by atoms with Gasteiger partial charge in [0.15, 0.2) is 0 Å². The van der Waals surface area contributed by atoms with E-state index in [-0.39, 0.29) is 0 Å². The lowest BCUT2D eigenvalue weighted by atomic mass is 10.2. The molecular weight excluding hydrogens is 236 g/mol. The molecular formula is C15H24N4. The number of hydrogen-bond acceptors (Lipinski definition) is 2. The van der Waals surface area contributed by atoms with Crippen molar-refractivity contribution in [2.24, 2.45) is 0 Å². The van der Waals surface area contributed by atoms with Gasteiger partial charge in [0, 0.05) is 36.2 Å². The average Bonchev–Trinajstić information content (AvgIpc) is 3.05. The number of nitrogens with zero attached hydrogens (tertiary/aromatic N) is 3. The van der Waals surface area contributed by atoms with Gasteiger partial charge in [-0.05, 0) is 38.9 Å². The van der Waals surface area contributed by atoms with Crippen molar-refractivity contribution < 1.29 is 0 Å². The van der Waals surface area contributed by atoms with Gasteiger partial charge in [-0.15, -0.1) is 0 Å². The van der Waals surface area contributed by atoms with Crippen LogP contribution >= 0.6 is 0 Å². The van der Waals surface area contributed by atoms with E-state index in [1.54, 1.807) is 0 Å². The Morgan fingerprint density at radius 1 is 1.37 bits per heavy atom. The summed E-state index contributed by atoms with van der Waals surface area (Å²) >= 11 is 0. The van der Waals surface area contributed by atoms with Gasteiger partial charge in [0.05, 0.1) is 12.7 Å². The highest BCUT2D eigenvalue weighted by Crippen LogP contribution is 2.15. The minimum Gasteiger partial charge on any atom is -0.345 e. The highest BCUT2D eigenvalue weighted by molar-refractivity contribution is 5.15. The highest BCUT2D eigenvalue weighted by atomic mass is 15.3. The van der Waals surface area contributed by atoms with Crippen molar-refractivity contribution in [2.45, 2.75) is 46.3 Å². The first-order valence-corrected chi connectivity index (χ1v) is 7.14. The topological polar surface area (TPSA) is 34.8 Å². The van der Waals surface area contributed by atoms with Crippen LogP contribution in [0.15, 0.2) is 30.7 Å². The Balaban J connectivity index is 2.06. The zero-order valence-electron chi connectivity index (χ0n) is 12.1. The molecule has 2 rings (SSSR count). The first-order valence-electron chi connectivity index (χ1n) is 7.14. The molecule has 1 N–H and O–H groups in total. The number of hydrogen-bond donors (Lipinski definition) is 1. The van der Waals surface area contributed by atoms with E-state index in [0.29, 0.717) is 6.04 Å². The zero-order chi connectivity index (χ0) is 13.7. The number of rotatable bonds is 7. The van der Waals surface area contributed by atoms with Crippen LogP contribution in [0.2, 0.25) is 0 Å². The molecule has 4 heteroatoms. The Hall–Kier alpha value is -1.55. The molecule has 0 aliphatic carbocycles. The molecule has 0 radical (unpaired) electrons. The Morgan fingerprint density at radius 2 is 2.21 bits per heavy atom. The van der Waals surface area contributed by atoms with Crippen LogP contribution in [0, 0.1) is 0 Å². The summed E-state index contributed by atoms with van der Waals surface area (Å²) < 4.78 is 4.27. The molecule has 0 spiro atoms. The quantitative estimate of drug-likeness (QED) is 0.830. The molecule has 104 valence electrons. The molecule has 19 heavy (non-hydrogen) atoms. The molecule has 2 aromatic heterocycles. The second kappa shape index (κ2) is 6.57. The van der Waals surface area contributed by atoms with E-state index in [4.69, 9.17) is 0 Å². The molecule has 0 fully saturated rings. The summed E-state index contributed by atoms with van der Waals surface area (Å²) in [6.07, 6.45) is 7.38. The molecule has 0 aliphatic rings. The van der Waals surface area contributed by atoms with Crippen LogP contribution in [-0.4, -0.2) is 20.9 Å². The summed E-state index contributed by atoms with van der Waals surface area (Å²) in [5.74, 6) is 0. The normalized spacial score (nSPS) is 12.8. The van der Waals surface area contributed by atoms with Gasteiger partial charge in [0.25, 0.3) is 0 Å². The van der Waals surface area contributed by atoms with Gasteiger partial charge in [0.2, 0.25) is 0 Å². The van der Waals surface area contributed by atoms with E-state index >= 15 is 0 Å². The maximum Gasteiger partial charge on any atom is 0.0539 e. The first kappa shape index (κ1) is 13.9. The Morgan fingerprint density at radius 3 is 2.89 bits per heavy atom. The molecule has 0 saturated heterocycles. The van der Waals surface area contributed by atoms with Crippen molar-refractivity contribution in [3.05, 3.63) is 42.0 Å². The van der Waals surface area contributed by atoms with Gasteiger partial charge in [-0.25, -0.2) is 0 Å². The molecule has 2 aromatic rings. The number of aromatic nitrogens is 3. The van der Waals surface area contributed by atoms with E-state index in [0.717, 1.165) is 26.1 Å². The fourth-order valence-electron chi connectivity index (χ4n) is 2.29. The summed E-state index contributed by atoms with van der Waals surface area (Å²) in [4.78, 5) is 0. The number of nitrogens with one attached hydrogen (secondary N) is 1. The maximum atomic E-state index is 4.33. The third kappa shape index (κ3) is 3.47. The SMILES string of the molecule is CCCNC(C)c1cccn1Cc1cnn(CC)c1. The second-order valence-electron chi connectivity index (χ2n) is 4.94. The van der Waals surface area contributed by atoms with E-state index in [1.807, 2.05) is 10.9 Å². The minimum absolute atomic E-state index is 0.385. The summed E-state index contributed by atoms with van der Waals surface area (Å²) in [6.45, 7) is 9.39. The Bertz CT molecular complexity index is 498. The van der Waals surface area contributed by atoms with Gasteiger partial charge >= 0.3 is 0 Å². The maximum absolute atomic E-state index is 4.33. The summed E-state index contributed by atoms with van der Waals surface area (Å²) in [5.41, 5.74) is 2.58. The van der Waals surface area contributed by atoms with Crippen molar-refractivity contribution in [1.82, 2.24) is 19.7 Å². The predicted octanol–water partition coefficient (Wildman–Crippen LogP) is 2.81. The summed E-state index contributed by atoms with van der Waals surface area (Å²) in [7, 11) is 0. The van der Waals surface area contributed by atoms with Gasteiger partial charge in [-0.3, -0.25) is 4.68 Å². The standard InChI is InChI=1S/C15H24N4/c1-4-8-16-13(3)15-7-6-9-18(15)11-14-10-17-19(5-2)12-14/h6-7,9-10,12-13,16H,4-5,8,11H2,1-3H3. The van der Waals surface area contributed by atoms with Crippen molar-refractivity contribution in [3.8, 4) is 0 Å².